The first-order valence-electron chi connectivity index (χ1n) is 5.27. The Labute approximate surface area is 84.1 Å². The highest BCUT2D eigenvalue weighted by atomic mass is 14.6. The molecule has 0 aliphatic rings. The third-order valence-electron chi connectivity index (χ3n) is 1.82. The van der Waals surface area contributed by atoms with Crippen molar-refractivity contribution in [1.29, 1.82) is 0 Å². The van der Waals surface area contributed by atoms with Gasteiger partial charge in [-0.05, 0) is 17.8 Å². The predicted molar refractivity (Wildman–Crippen MR) is 61.6 cm³/mol. The molecule has 1 atom stereocenters. The zero-order valence-electron chi connectivity index (χ0n) is 10.1. The summed E-state index contributed by atoms with van der Waals surface area (Å²) in [5.74, 6) is 0.894. The molecular formula is C11H28N2. The van der Waals surface area contributed by atoms with Crippen LogP contribution in [0.3, 0.4) is 0 Å². The summed E-state index contributed by atoms with van der Waals surface area (Å²) in [6, 6.07) is 0. The maximum Gasteiger partial charge on any atom is 0.00461 e. The van der Waals surface area contributed by atoms with Gasteiger partial charge in [0.1, 0.15) is 0 Å². The lowest BCUT2D eigenvalue weighted by atomic mass is 9.84. The fourth-order valence-electron chi connectivity index (χ4n) is 1.19. The Kier molecular flexibility index (Phi) is 10.1. The molecule has 0 radical (unpaired) electrons. The largest absolute Gasteiger partial charge is 0.329 e. The molecule has 0 bridgehead atoms. The molecule has 0 aliphatic heterocycles. The van der Waals surface area contributed by atoms with Crippen LogP contribution in [0.4, 0.5) is 0 Å². The van der Waals surface area contributed by atoms with E-state index in [9.17, 15) is 0 Å². The topological polar surface area (TPSA) is 52.0 Å². The van der Waals surface area contributed by atoms with E-state index in [-0.39, 0.29) is 0 Å². The van der Waals surface area contributed by atoms with Crippen LogP contribution in [0.1, 0.15) is 47.5 Å². The van der Waals surface area contributed by atoms with Crippen molar-refractivity contribution in [3.05, 3.63) is 0 Å². The maximum atomic E-state index is 4.90. The lowest BCUT2D eigenvalue weighted by molar-refractivity contribution is 0.302. The van der Waals surface area contributed by atoms with E-state index in [1.165, 1.54) is 12.8 Å². The number of hydrogen-bond acceptors (Lipinski definition) is 2. The average molecular weight is 188 g/mol. The van der Waals surface area contributed by atoms with E-state index >= 15 is 0 Å². The van der Waals surface area contributed by atoms with Gasteiger partial charge in [0.2, 0.25) is 0 Å². The van der Waals surface area contributed by atoms with Crippen LogP contribution in [0, 0.1) is 11.3 Å². The van der Waals surface area contributed by atoms with Gasteiger partial charge in [0, 0.05) is 13.1 Å². The van der Waals surface area contributed by atoms with E-state index in [0.29, 0.717) is 18.5 Å². The monoisotopic (exact) mass is 188 g/mol. The molecule has 0 aromatic heterocycles. The van der Waals surface area contributed by atoms with Gasteiger partial charge in [-0.2, -0.15) is 0 Å². The van der Waals surface area contributed by atoms with Crippen LogP contribution in [0.25, 0.3) is 0 Å². The molecule has 0 fully saturated rings. The maximum absolute atomic E-state index is 4.90. The molecule has 0 spiro atoms. The molecule has 0 aromatic rings. The smallest absolute Gasteiger partial charge is 0.00461 e. The van der Waals surface area contributed by atoms with Gasteiger partial charge in [0.05, 0.1) is 0 Å². The van der Waals surface area contributed by atoms with E-state index in [1.54, 1.807) is 0 Å². The van der Waals surface area contributed by atoms with Crippen molar-refractivity contribution in [3.63, 3.8) is 0 Å². The molecule has 4 N–H and O–H groups in total. The molecule has 2 heteroatoms. The van der Waals surface area contributed by atoms with Crippen LogP contribution in [-0.2, 0) is 0 Å². The molecule has 1 unspecified atom stereocenters. The highest BCUT2D eigenvalue weighted by Crippen LogP contribution is 2.25. The van der Waals surface area contributed by atoms with E-state index in [0.717, 1.165) is 5.92 Å². The van der Waals surface area contributed by atoms with Crippen molar-refractivity contribution in [3.8, 4) is 0 Å². The van der Waals surface area contributed by atoms with E-state index in [1.807, 2.05) is 0 Å². The standard InChI is InChI=1S/C9H20.C2H8N2/c1-6-8(2)7-9(3,4)5;3-1-2-4/h8H,6-7H2,1-5H3;1-4H2. The summed E-state index contributed by atoms with van der Waals surface area (Å²) >= 11 is 0. The van der Waals surface area contributed by atoms with Crippen LogP contribution in [0.5, 0.6) is 0 Å². The Balaban J connectivity index is 0. The van der Waals surface area contributed by atoms with Gasteiger partial charge < -0.3 is 11.5 Å². The summed E-state index contributed by atoms with van der Waals surface area (Å²) in [6.07, 6.45) is 2.67. The Hall–Kier alpha value is -0.0800. The normalized spacial score (nSPS) is 13.2. The quantitative estimate of drug-likeness (QED) is 0.714. The molecule has 82 valence electrons. The van der Waals surface area contributed by atoms with Crippen LogP contribution in [-0.4, -0.2) is 13.1 Å². The summed E-state index contributed by atoms with van der Waals surface area (Å²) in [6.45, 7) is 12.7. The predicted octanol–water partition coefficient (Wildman–Crippen LogP) is 2.37. The summed E-state index contributed by atoms with van der Waals surface area (Å²) in [7, 11) is 0. The molecule has 0 saturated heterocycles. The summed E-state index contributed by atoms with van der Waals surface area (Å²) in [4.78, 5) is 0. The first kappa shape index (κ1) is 15.4. The molecule has 0 rings (SSSR count). The lowest BCUT2D eigenvalue weighted by Crippen LogP contribution is -2.11. The van der Waals surface area contributed by atoms with Crippen LogP contribution < -0.4 is 11.5 Å². The fraction of sp³-hybridized carbons (Fsp3) is 1.00. The Morgan fingerprint density at radius 2 is 1.46 bits per heavy atom. The number of nitrogens with two attached hydrogens (primary N) is 2. The van der Waals surface area contributed by atoms with Gasteiger partial charge in [-0.25, -0.2) is 0 Å². The highest BCUT2D eigenvalue weighted by molar-refractivity contribution is 4.64. The van der Waals surface area contributed by atoms with E-state index in [4.69, 9.17) is 11.5 Å². The number of hydrogen-bond donors (Lipinski definition) is 2. The molecule has 0 aliphatic carbocycles. The minimum absolute atomic E-state index is 0.523. The Bertz CT molecular complexity index is 92.8. The van der Waals surface area contributed by atoms with Gasteiger partial charge >= 0.3 is 0 Å². The van der Waals surface area contributed by atoms with Gasteiger partial charge in [-0.1, -0.05) is 41.0 Å². The molecule has 13 heavy (non-hydrogen) atoms. The first-order chi connectivity index (χ1) is 5.87. The minimum atomic E-state index is 0.523. The van der Waals surface area contributed by atoms with E-state index in [2.05, 4.69) is 34.6 Å². The molecule has 2 nitrogen and oxygen atoms in total. The van der Waals surface area contributed by atoms with Gasteiger partial charge in [-0.3, -0.25) is 0 Å². The van der Waals surface area contributed by atoms with Crippen LogP contribution in [0.15, 0.2) is 0 Å². The first-order valence-corrected chi connectivity index (χ1v) is 5.27. The Morgan fingerprint density at radius 3 is 1.54 bits per heavy atom. The van der Waals surface area contributed by atoms with Crippen molar-refractivity contribution in [1.82, 2.24) is 0 Å². The van der Waals surface area contributed by atoms with E-state index < -0.39 is 0 Å². The lowest BCUT2D eigenvalue weighted by Gasteiger charge is -2.21. The molecule has 0 aromatic carbocycles. The highest BCUT2D eigenvalue weighted by Gasteiger charge is 2.13. The molecule has 0 heterocycles. The summed E-state index contributed by atoms with van der Waals surface area (Å²) in [5.41, 5.74) is 10.3. The second-order valence-corrected chi connectivity index (χ2v) is 4.86. The van der Waals surface area contributed by atoms with Crippen molar-refractivity contribution in [2.45, 2.75) is 47.5 Å². The molecule has 0 amide bonds. The van der Waals surface area contributed by atoms with Crippen molar-refractivity contribution in [2.24, 2.45) is 22.8 Å². The van der Waals surface area contributed by atoms with Crippen molar-refractivity contribution in [2.75, 3.05) is 13.1 Å². The molecular weight excluding hydrogens is 160 g/mol. The van der Waals surface area contributed by atoms with Gasteiger partial charge in [0.15, 0.2) is 0 Å². The minimum Gasteiger partial charge on any atom is -0.329 e. The Morgan fingerprint density at radius 1 is 1.08 bits per heavy atom. The molecule has 0 saturated carbocycles. The third-order valence-corrected chi connectivity index (χ3v) is 1.82. The third kappa shape index (κ3) is 18.7. The van der Waals surface area contributed by atoms with Crippen LogP contribution >= 0.6 is 0 Å². The second kappa shape index (κ2) is 8.52. The van der Waals surface area contributed by atoms with Crippen molar-refractivity contribution >= 4 is 0 Å². The van der Waals surface area contributed by atoms with Gasteiger partial charge in [0.25, 0.3) is 0 Å². The van der Waals surface area contributed by atoms with Crippen molar-refractivity contribution < 1.29 is 0 Å². The summed E-state index contributed by atoms with van der Waals surface area (Å²) in [5, 5.41) is 0. The second-order valence-electron chi connectivity index (χ2n) is 4.86. The zero-order valence-corrected chi connectivity index (χ0v) is 10.1. The van der Waals surface area contributed by atoms with Gasteiger partial charge in [-0.15, -0.1) is 0 Å². The SMILES string of the molecule is CCC(C)CC(C)(C)C.NCCN. The summed E-state index contributed by atoms with van der Waals surface area (Å²) < 4.78 is 0. The van der Waals surface area contributed by atoms with Crippen LogP contribution in [0.2, 0.25) is 0 Å². The average Bonchev–Trinajstić information content (AvgIpc) is 2.02. The zero-order chi connectivity index (χ0) is 10.9. The fourth-order valence-corrected chi connectivity index (χ4v) is 1.19. The number of rotatable bonds is 3.